The highest BCUT2D eigenvalue weighted by Gasteiger charge is 2.11. The minimum Gasteiger partial charge on any atom is -0.507 e. The average molecular weight is 354 g/mol. The monoisotopic (exact) mass is 354 g/mol. The largest absolute Gasteiger partial charge is 0.507 e. The van der Waals surface area contributed by atoms with E-state index in [4.69, 9.17) is 11.3 Å². The number of aromatic nitrogens is 4. The number of fused-ring (bicyclic) bond motifs is 1. The summed E-state index contributed by atoms with van der Waals surface area (Å²) in [4.78, 5) is 29.7. The second kappa shape index (κ2) is 7.23. The third-order valence-electron chi connectivity index (χ3n) is 3.41. The highest BCUT2D eigenvalue weighted by Crippen LogP contribution is 2.23. The number of carbonyl (C=O) groups excluding carboxylic acids is 1. The molecule has 0 saturated heterocycles. The van der Waals surface area contributed by atoms with Crippen LogP contribution in [0.1, 0.15) is 10.4 Å². The molecule has 0 atom stereocenters. The van der Waals surface area contributed by atoms with Gasteiger partial charge >= 0.3 is 0 Å². The molecule has 0 radical (unpaired) electrons. The first-order valence-corrected chi connectivity index (χ1v) is 7.45. The van der Waals surface area contributed by atoms with Crippen molar-refractivity contribution in [3.63, 3.8) is 0 Å². The molecule has 26 heavy (non-hydrogen) atoms. The summed E-state index contributed by atoms with van der Waals surface area (Å²) in [5.41, 5.74) is 15.3. The number of azide groups is 1. The second-order valence-electron chi connectivity index (χ2n) is 5.12. The van der Waals surface area contributed by atoms with E-state index in [-0.39, 0.29) is 23.5 Å². The number of nitrogens with zero attached hydrogens (tertiary/aromatic N) is 6. The lowest BCUT2D eigenvalue weighted by Gasteiger charge is -2.07. The van der Waals surface area contributed by atoms with Crippen molar-refractivity contribution in [1.29, 1.82) is 0 Å². The zero-order valence-electron chi connectivity index (χ0n) is 13.3. The fourth-order valence-corrected chi connectivity index (χ4v) is 2.21. The van der Waals surface area contributed by atoms with Crippen LogP contribution in [0.25, 0.3) is 21.6 Å². The molecule has 132 valence electrons. The minimum absolute atomic E-state index is 0.0775. The lowest BCUT2D eigenvalue weighted by atomic mass is 10.1. The molecule has 3 aromatic rings. The quantitative estimate of drug-likeness (QED) is 0.191. The molecule has 2 heterocycles. The number of hydrogen-bond acceptors (Lipinski definition) is 8. The summed E-state index contributed by atoms with van der Waals surface area (Å²) in [6, 6.07) is 4.03. The fraction of sp³-hybridized carbons (Fsp3) is 0.143. The molecular weight excluding hydrogens is 340 g/mol. The maximum Gasteiger partial charge on any atom is 0.255 e. The molecule has 0 aliphatic carbocycles. The van der Waals surface area contributed by atoms with Gasteiger partial charge in [-0.3, -0.25) is 4.79 Å². The molecule has 6 N–H and O–H groups in total. The number of anilines is 2. The van der Waals surface area contributed by atoms with Gasteiger partial charge in [-0.1, -0.05) is 11.2 Å². The fourth-order valence-electron chi connectivity index (χ4n) is 2.21. The first-order chi connectivity index (χ1) is 12.6. The van der Waals surface area contributed by atoms with Crippen LogP contribution in [0.2, 0.25) is 0 Å². The van der Waals surface area contributed by atoms with E-state index in [2.05, 4.69) is 40.6 Å². The number of aromatic amines is 1. The van der Waals surface area contributed by atoms with Gasteiger partial charge in [-0.15, -0.1) is 0 Å². The maximum atomic E-state index is 12.1. The zero-order chi connectivity index (χ0) is 18.5. The van der Waals surface area contributed by atoms with Crippen LogP contribution in [0.3, 0.4) is 0 Å². The van der Waals surface area contributed by atoms with Gasteiger partial charge in [-0.05, 0) is 17.7 Å². The number of nitrogens with one attached hydrogen (secondary N) is 3. The number of benzene rings is 1. The number of imidazole rings is 1. The third kappa shape index (κ3) is 3.55. The lowest BCUT2D eigenvalue weighted by Crippen LogP contribution is -2.28. The van der Waals surface area contributed by atoms with Crippen molar-refractivity contribution in [2.24, 2.45) is 5.11 Å². The van der Waals surface area contributed by atoms with Gasteiger partial charge in [-0.25, -0.2) is 9.97 Å². The average Bonchev–Trinajstić information content (AvgIpc) is 3.03. The van der Waals surface area contributed by atoms with Crippen LogP contribution in [-0.4, -0.2) is 44.0 Å². The lowest BCUT2D eigenvalue weighted by molar-refractivity contribution is 0.0952. The molecule has 2 aromatic heterocycles. The SMILES string of the molecule is [N-]=[N+]=Nc1ccc(C(=O)NCCNc2nc3ncnc(N)c3[nH]2)c(O)c1. The Morgan fingerprint density at radius 1 is 1.38 bits per heavy atom. The van der Waals surface area contributed by atoms with Gasteiger partial charge < -0.3 is 26.5 Å². The standard InChI is InChI=1S/C14H14N10O2/c15-11-10-12(20-6-19-11)22-14(21-10)18-4-3-17-13(26)8-2-1-7(23-24-16)5-9(8)25/h1-2,5-6,25H,3-4H2,(H,17,26)(H4,15,18,19,20,21,22). The number of carbonyl (C=O) groups is 1. The van der Waals surface area contributed by atoms with Crippen molar-refractivity contribution >= 4 is 34.5 Å². The molecule has 1 amide bonds. The maximum absolute atomic E-state index is 12.1. The van der Waals surface area contributed by atoms with Crippen LogP contribution < -0.4 is 16.4 Å². The van der Waals surface area contributed by atoms with E-state index >= 15 is 0 Å². The summed E-state index contributed by atoms with van der Waals surface area (Å²) in [7, 11) is 0. The van der Waals surface area contributed by atoms with Crippen LogP contribution in [0.15, 0.2) is 29.6 Å². The summed E-state index contributed by atoms with van der Waals surface area (Å²) in [5, 5.41) is 18.8. The Labute approximate surface area is 146 Å². The Morgan fingerprint density at radius 2 is 2.23 bits per heavy atom. The molecule has 0 aliphatic heterocycles. The number of aromatic hydroxyl groups is 1. The van der Waals surface area contributed by atoms with Crippen LogP contribution in [0.5, 0.6) is 5.75 Å². The number of nitrogen functional groups attached to an aromatic ring is 1. The van der Waals surface area contributed by atoms with Crippen molar-refractivity contribution in [2.45, 2.75) is 0 Å². The number of phenolic OH excluding ortho intramolecular Hbond substituents is 1. The number of rotatable bonds is 6. The summed E-state index contributed by atoms with van der Waals surface area (Å²) < 4.78 is 0. The van der Waals surface area contributed by atoms with Crippen molar-refractivity contribution in [1.82, 2.24) is 25.3 Å². The second-order valence-corrected chi connectivity index (χ2v) is 5.12. The molecule has 3 rings (SSSR count). The van der Waals surface area contributed by atoms with Crippen LogP contribution >= 0.6 is 0 Å². The summed E-state index contributed by atoms with van der Waals surface area (Å²) in [5.74, 6) is 0.00900. The third-order valence-corrected chi connectivity index (χ3v) is 3.41. The first-order valence-electron chi connectivity index (χ1n) is 7.45. The molecule has 0 saturated carbocycles. The Hall–Kier alpha value is -4.05. The smallest absolute Gasteiger partial charge is 0.255 e. The predicted molar refractivity (Wildman–Crippen MR) is 93.8 cm³/mol. The molecule has 1 aromatic carbocycles. The van der Waals surface area contributed by atoms with Crippen LogP contribution in [0, 0.1) is 0 Å². The van der Waals surface area contributed by atoms with Crippen molar-refractivity contribution in [2.75, 3.05) is 24.1 Å². The van der Waals surface area contributed by atoms with E-state index in [0.717, 1.165) is 0 Å². The number of H-pyrrole nitrogens is 1. The van der Waals surface area contributed by atoms with Gasteiger partial charge in [0.1, 0.15) is 17.6 Å². The number of hydrogen-bond donors (Lipinski definition) is 5. The zero-order valence-corrected chi connectivity index (χ0v) is 13.3. The van der Waals surface area contributed by atoms with E-state index < -0.39 is 5.91 Å². The number of amides is 1. The van der Waals surface area contributed by atoms with Gasteiger partial charge in [0.05, 0.1) is 5.56 Å². The highest BCUT2D eigenvalue weighted by molar-refractivity contribution is 5.97. The Morgan fingerprint density at radius 3 is 2.96 bits per heavy atom. The molecule has 0 fully saturated rings. The Kier molecular flexibility index (Phi) is 4.67. The summed E-state index contributed by atoms with van der Waals surface area (Å²) >= 11 is 0. The van der Waals surface area contributed by atoms with Crippen LogP contribution in [-0.2, 0) is 0 Å². The molecule has 0 spiro atoms. The summed E-state index contributed by atoms with van der Waals surface area (Å²) in [6.45, 7) is 0.644. The highest BCUT2D eigenvalue weighted by atomic mass is 16.3. The van der Waals surface area contributed by atoms with E-state index in [9.17, 15) is 9.90 Å². The van der Waals surface area contributed by atoms with E-state index in [1.54, 1.807) is 0 Å². The predicted octanol–water partition coefficient (Wildman–Crippen LogP) is 1.42. The van der Waals surface area contributed by atoms with Crippen LogP contribution in [0.4, 0.5) is 17.5 Å². The topological polar surface area (TPSA) is 191 Å². The van der Waals surface area contributed by atoms with Gasteiger partial charge in [0.2, 0.25) is 5.95 Å². The van der Waals surface area contributed by atoms with Crippen molar-refractivity contribution in [3.05, 3.63) is 40.5 Å². The molecule has 0 unspecified atom stereocenters. The number of nitrogens with two attached hydrogens (primary N) is 1. The van der Waals surface area contributed by atoms with Gasteiger partial charge in [-0.2, -0.15) is 4.98 Å². The number of phenols is 1. The molecule has 0 aliphatic rings. The first kappa shape index (κ1) is 16.8. The van der Waals surface area contributed by atoms with Gasteiger partial charge in [0, 0.05) is 23.7 Å². The van der Waals surface area contributed by atoms with E-state index in [0.29, 0.717) is 29.5 Å². The van der Waals surface area contributed by atoms with Crippen molar-refractivity contribution in [3.8, 4) is 5.75 Å². The van der Waals surface area contributed by atoms with E-state index in [1.165, 1.54) is 24.5 Å². The summed E-state index contributed by atoms with van der Waals surface area (Å²) in [6.07, 6.45) is 1.32. The molecular formula is C14H14N10O2. The Bertz CT molecular complexity index is 1010. The normalized spacial score (nSPS) is 10.3. The molecule has 0 bridgehead atoms. The van der Waals surface area contributed by atoms with Crippen molar-refractivity contribution < 1.29 is 9.90 Å². The minimum atomic E-state index is -0.462. The Balaban J connectivity index is 1.55. The van der Waals surface area contributed by atoms with Gasteiger partial charge in [0.25, 0.3) is 5.91 Å². The molecule has 12 nitrogen and oxygen atoms in total. The van der Waals surface area contributed by atoms with Gasteiger partial charge in [0.15, 0.2) is 11.5 Å². The molecule has 12 heteroatoms. The van der Waals surface area contributed by atoms with E-state index in [1.807, 2.05) is 0 Å².